The van der Waals surface area contributed by atoms with E-state index in [4.69, 9.17) is 4.42 Å². The number of aromatic nitrogens is 1. The van der Waals surface area contributed by atoms with Crippen LogP contribution >= 0.6 is 11.3 Å². The summed E-state index contributed by atoms with van der Waals surface area (Å²) in [7, 11) is 4.11. The maximum atomic E-state index is 5.45. The SMILES string of the molecule is CN(C)C(CNCc1nccs1)c1ccco1. The molecule has 0 aliphatic heterocycles. The van der Waals surface area contributed by atoms with E-state index < -0.39 is 0 Å². The highest BCUT2D eigenvalue weighted by Gasteiger charge is 2.16. The van der Waals surface area contributed by atoms with Crippen LogP contribution in [0.3, 0.4) is 0 Å². The average Bonchev–Trinajstić information content (AvgIpc) is 2.96. The molecular weight excluding hydrogens is 234 g/mol. The number of hydrogen-bond acceptors (Lipinski definition) is 5. The van der Waals surface area contributed by atoms with Crippen LogP contribution in [-0.4, -0.2) is 30.5 Å². The van der Waals surface area contributed by atoms with Gasteiger partial charge in [0.2, 0.25) is 0 Å². The van der Waals surface area contributed by atoms with Crippen LogP contribution in [0.2, 0.25) is 0 Å². The fourth-order valence-corrected chi connectivity index (χ4v) is 2.26. The monoisotopic (exact) mass is 251 g/mol. The van der Waals surface area contributed by atoms with Gasteiger partial charge in [0, 0.05) is 24.7 Å². The van der Waals surface area contributed by atoms with Gasteiger partial charge < -0.3 is 9.73 Å². The van der Waals surface area contributed by atoms with E-state index in [1.807, 2.05) is 23.7 Å². The zero-order chi connectivity index (χ0) is 12.1. The lowest BCUT2D eigenvalue weighted by Gasteiger charge is -2.22. The molecule has 2 heterocycles. The van der Waals surface area contributed by atoms with Crippen LogP contribution in [0.4, 0.5) is 0 Å². The van der Waals surface area contributed by atoms with Gasteiger partial charge >= 0.3 is 0 Å². The van der Waals surface area contributed by atoms with Gasteiger partial charge in [0.15, 0.2) is 0 Å². The van der Waals surface area contributed by atoms with Gasteiger partial charge in [-0.3, -0.25) is 4.90 Å². The molecule has 0 saturated heterocycles. The maximum Gasteiger partial charge on any atom is 0.122 e. The number of furan rings is 1. The van der Waals surface area contributed by atoms with Gasteiger partial charge in [-0.15, -0.1) is 11.3 Å². The van der Waals surface area contributed by atoms with Gasteiger partial charge in [0.25, 0.3) is 0 Å². The van der Waals surface area contributed by atoms with E-state index in [1.165, 1.54) is 0 Å². The Balaban J connectivity index is 1.86. The fourth-order valence-electron chi connectivity index (χ4n) is 1.67. The molecule has 0 spiro atoms. The van der Waals surface area contributed by atoms with E-state index in [2.05, 4.69) is 29.3 Å². The van der Waals surface area contributed by atoms with Gasteiger partial charge in [-0.25, -0.2) is 4.98 Å². The second-order valence-electron chi connectivity index (χ2n) is 4.05. The molecule has 5 heteroatoms. The molecule has 0 amide bonds. The smallest absolute Gasteiger partial charge is 0.122 e. The molecule has 2 aromatic heterocycles. The highest BCUT2D eigenvalue weighted by Crippen LogP contribution is 2.17. The van der Waals surface area contributed by atoms with Crippen LogP contribution in [0.15, 0.2) is 34.4 Å². The molecule has 2 aromatic rings. The first kappa shape index (κ1) is 12.3. The fraction of sp³-hybridized carbons (Fsp3) is 0.417. The lowest BCUT2D eigenvalue weighted by molar-refractivity contribution is 0.250. The third kappa shape index (κ3) is 3.39. The molecule has 2 rings (SSSR count). The van der Waals surface area contributed by atoms with Crippen molar-refractivity contribution in [3.8, 4) is 0 Å². The first-order valence-corrected chi connectivity index (χ1v) is 6.44. The Morgan fingerprint density at radius 2 is 2.41 bits per heavy atom. The summed E-state index contributed by atoms with van der Waals surface area (Å²) in [5.41, 5.74) is 0. The number of likely N-dealkylation sites (N-methyl/N-ethyl adjacent to an activating group) is 1. The summed E-state index contributed by atoms with van der Waals surface area (Å²) >= 11 is 1.67. The van der Waals surface area contributed by atoms with Crippen molar-refractivity contribution in [1.82, 2.24) is 15.2 Å². The quantitative estimate of drug-likeness (QED) is 0.854. The van der Waals surface area contributed by atoms with Crippen molar-refractivity contribution in [2.75, 3.05) is 20.6 Å². The Kier molecular flexibility index (Phi) is 4.30. The topological polar surface area (TPSA) is 41.3 Å². The molecule has 0 fully saturated rings. The third-order valence-electron chi connectivity index (χ3n) is 2.59. The minimum absolute atomic E-state index is 0.255. The summed E-state index contributed by atoms with van der Waals surface area (Å²) in [4.78, 5) is 6.39. The number of nitrogens with zero attached hydrogens (tertiary/aromatic N) is 2. The van der Waals surface area contributed by atoms with Crippen molar-refractivity contribution in [3.05, 3.63) is 40.7 Å². The molecule has 0 aliphatic carbocycles. The van der Waals surface area contributed by atoms with E-state index in [-0.39, 0.29) is 6.04 Å². The summed E-state index contributed by atoms with van der Waals surface area (Å²) in [5.74, 6) is 0.988. The van der Waals surface area contributed by atoms with Crippen molar-refractivity contribution in [1.29, 1.82) is 0 Å². The van der Waals surface area contributed by atoms with Crippen LogP contribution in [0.25, 0.3) is 0 Å². The number of thiazole rings is 1. The van der Waals surface area contributed by atoms with E-state index in [0.29, 0.717) is 0 Å². The molecule has 0 radical (unpaired) electrons. The van der Waals surface area contributed by atoms with E-state index >= 15 is 0 Å². The van der Waals surface area contributed by atoms with Crippen LogP contribution in [0, 0.1) is 0 Å². The molecule has 1 N–H and O–H groups in total. The predicted molar refractivity (Wildman–Crippen MR) is 69.0 cm³/mol. The van der Waals surface area contributed by atoms with Crippen molar-refractivity contribution in [2.45, 2.75) is 12.6 Å². The lowest BCUT2D eigenvalue weighted by Crippen LogP contribution is -2.30. The summed E-state index contributed by atoms with van der Waals surface area (Å²) in [6, 6.07) is 4.19. The molecule has 92 valence electrons. The Hall–Kier alpha value is -1.17. The van der Waals surface area contributed by atoms with Crippen molar-refractivity contribution in [3.63, 3.8) is 0 Å². The van der Waals surface area contributed by atoms with Gasteiger partial charge in [-0.05, 0) is 26.2 Å². The number of rotatable bonds is 6. The Morgan fingerprint density at radius 3 is 3.00 bits per heavy atom. The summed E-state index contributed by atoms with van der Waals surface area (Å²) < 4.78 is 5.45. The largest absolute Gasteiger partial charge is 0.468 e. The summed E-state index contributed by atoms with van der Waals surface area (Å²) in [6.07, 6.45) is 3.55. The average molecular weight is 251 g/mol. The van der Waals surface area contributed by atoms with Gasteiger partial charge in [-0.2, -0.15) is 0 Å². The van der Waals surface area contributed by atoms with Crippen LogP contribution < -0.4 is 5.32 Å². The molecule has 0 aromatic carbocycles. The van der Waals surface area contributed by atoms with Gasteiger partial charge in [-0.1, -0.05) is 0 Å². The first-order valence-electron chi connectivity index (χ1n) is 5.56. The molecular formula is C12H17N3OS. The van der Waals surface area contributed by atoms with E-state index in [0.717, 1.165) is 23.9 Å². The van der Waals surface area contributed by atoms with Crippen molar-refractivity contribution >= 4 is 11.3 Å². The molecule has 0 aliphatic rings. The molecule has 4 nitrogen and oxygen atoms in total. The molecule has 1 unspecified atom stereocenters. The number of hydrogen-bond donors (Lipinski definition) is 1. The summed E-state index contributed by atoms with van der Waals surface area (Å²) in [6.45, 7) is 1.66. The second kappa shape index (κ2) is 5.95. The van der Waals surface area contributed by atoms with Crippen LogP contribution in [0.5, 0.6) is 0 Å². The lowest BCUT2D eigenvalue weighted by atomic mass is 10.2. The summed E-state index contributed by atoms with van der Waals surface area (Å²) in [5, 5.41) is 6.51. The van der Waals surface area contributed by atoms with E-state index in [1.54, 1.807) is 17.6 Å². The van der Waals surface area contributed by atoms with Gasteiger partial charge in [0.1, 0.15) is 10.8 Å². The van der Waals surface area contributed by atoms with Crippen molar-refractivity contribution in [2.24, 2.45) is 0 Å². The highest BCUT2D eigenvalue weighted by atomic mass is 32.1. The zero-order valence-corrected chi connectivity index (χ0v) is 10.9. The predicted octanol–water partition coefficient (Wildman–Crippen LogP) is 2.13. The standard InChI is InChI=1S/C12H17N3OS/c1-15(2)10(11-4-3-6-16-11)8-13-9-12-14-5-7-17-12/h3-7,10,13H,8-9H2,1-2H3. The normalized spacial score (nSPS) is 13.1. The molecule has 0 saturated carbocycles. The second-order valence-corrected chi connectivity index (χ2v) is 5.03. The number of nitrogens with one attached hydrogen (secondary N) is 1. The third-order valence-corrected chi connectivity index (χ3v) is 3.37. The molecule has 0 bridgehead atoms. The zero-order valence-electron chi connectivity index (χ0n) is 10.1. The van der Waals surface area contributed by atoms with Crippen LogP contribution in [0.1, 0.15) is 16.8 Å². The molecule has 1 atom stereocenters. The first-order chi connectivity index (χ1) is 8.27. The van der Waals surface area contributed by atoms with Crippen molar-refractivity contribution < 1.29 is 4.42 Å². The van der Waals surface area contributed by atoms with E-state index in [9.17, 15) is 0 Å². The highest BCUT2D eigenvalue weighted by molar-refractivity contribution is 7.09. The Morgan fingerprint density at radius 1 is 1.53 bits per heavy atom. The Bertz CT molecular complexity index is 411. The minimum atomic E-state index is 0.255. The maximum absolute atomic E-state index is 5.45. The van der Waals surface area contributed by atoms with Gasteiger partial charge in [0.05, 0.1) is 12.3 Å². The Labute approximate surface area is 105 Å². The minimum Gasteiger partial charge on any atom is -0.468 e. The van der Waals surface area contributed by atoms with Crippen LogP contribution in [-0.2, 0) is 6.54 Å². The molecule has 17 heavy (non-hydrogen) atoms.